The minimum atomic E-state index is 0.595. The molecule has 260 valence electrons. The van der Waals surface area contributed by atoms with Gasteiger partial charge in [-0.15, -0.1) is 0 Å². The van der Waals surface area contributed by atoms with E-state index in [1.165, 1.54) is 32.3 Å². The van der Waals surface area contributed by atoms with Gasteiger partial charge >= 0.3 is 0 Å². The Kier molecular flexibility index (Phi) is 6.56. The first-order chi connectivity index (χ1) is 27.7. The quantitative estimate of drug-likeness (QED) is 0.182. The van der Waals surface area contributed by atoms with Gasteiger partial charge in [0.05, 0.1) is 11.0 Å². The van der Waals surface area contributed by atoms with Crippen molar-refractivity contribution in [2.75, 3.05) is 0 Å². The Morgan fingerprint density at radius 1 is 0.357 bits per heavy atom. The summed E-state index contributed by atoms with van der Waals surface area (Å²) in [5.41, 5.74) is 7.69. The fourth-order valence-corrected chi connectivity index (χ4v) is 8.48. The predicted octanol–water partition coefficient (Wildman–Crippen LogP) is 13.3. The molecular formula is C51H30N4O. The minimum absolute atomic E-state index is 0.595. The Morgan fingerprint density at radius 3 is 1.64 bits per heavy atom. The van der Waals surface area contributed by atoms with E-state index in [0.29, 0.717) is 17.5 Å². The zero-order valence-electron chi connectivity index (χ0n) is 30.0. The second-order valence-electron chi connectivity index (χ2n) is 14.5. The summed E-state index contributed by atoms with van der Waals surface area (Å²) in [5.74, 6) is 1.84. The summed E-state index contributed by atoms with van der Waals surface area (Å²) in [6.45, 7) is 0. The van der Waals surface area contributed by atoms with Gasteiger partial charge in [-0.05, 0) is 80.8 Å². The number of nitrogens with zero attached hydrogens (tertiary/aromatic N) is 4. The predicted molar refractivity (Wildman–Crippen MR) is 230 cm³/mol. The Hall–Kier alpha value is -7.63. The van der Waals surface area contributed by atoms with Gasteiger partial charge in [-0.3, -0.25) is 0 Å². The van der Waals surface area contributed by atoms with Gasteiger partial charge in [0, 0.05) is 50.0 Å². The van der Waals surface area contributed by atoms with Crippen molar-refractivity contribution in [2.45, 2.75) is 0 Å². The maximum Gasteiger partial charge on any atom is 0.164 e. The van der Waals surface area contributed by atoms with Gasteiger partial charge in [-0.2, -0.15) is 0 Å². The lowest BCUT2D eigenvalue weighted by Gasteiger charge is -2.11. The highest BCUT2D eigenvalue weighted by atomic mass is 16.3. The summed E-state index contributed by atoms with van der Waals surface area (Å²) in [5, 5.41) is 11.5. The maximum absolute atomic E-state index is 6.69. The highest BCUT2D eigenvalue weighted by molar-refractivity contribution is 6.15. The first-order valence-corrected chi connectivity index (χ1v) is 18.8. The van der Waals surface area contributed by atoms with E-state index in [2.05, 4.69) is 174 Å². The van der Waals surface area contributed by atoms with E-state index >= 15 is 0 Å². The minimum Gasteiger partial charge on any atom is -0.456 e. The Labute approximate surface area is 320 Å². The van der Waals surface area contributed by atoms with Crippen molar-refractivity contribution in [3.8, 4) is 39.9 Å². The summed E-state index contributed by atoms with van der Waals surface area (Å²) in [4.78, 5) is 15.5. The fraction of sp³-hybridized carbons (Fsp3) is 0. The van der Waals surface area contributed by atoms with E-state index < -0.39 is 0 Å². The third-order valence-corrected chi connectivity index (χ3v) is 11.2. The molecule has 0 aliphatic rings. The molecule has 0 aliphatic carbocycles. The highest BCUT2D eigenvalue weighted by Crippen LogP contribution is 2.40. The lowest BCUT2D eigenvalue weighted by Crippen LogP contribution is -2.00. The van der Waals surface area contributed by atoms with Gasteiger partial charge in [0.15, 0.2) is 17.5 Å². The molecule has 0 fully saturated rings. The molecule has 0 bridgehead atoms. The Morgan fingerprint density at radius 2 is 0.946 bits per heavy atom. The molecule has 12 aromatic rings. The van der Waals surface area contributed by atoms with E-state index in [1.807, 2.05) is 12.1 Å². The molecule has 12 rings (SSSR count). The SMILES string of the molecule is c1ccc2cc(-c3nc(-c4ccc5ccccc5c4)nc(-c4cccc5oc6cc(-n7c8ccccc8c8cc9ccccc9cc87)ccc6c45)n3)ccc2c1. The molecule has 0 spiro atoms. The number of hydrogen-bond acceptors (Lipinski definition) is 4. The molecule has 5 heteroatoms. The molecule has 0 atom stereocenters. The van der Waals surface area contributed by atoms with Crippen LogP contribution >= 0.6 is 0 Å². The summed E-state index contributed by atoms with van der Waals surface area (Å²) in [6.07, 6.45) is 0. The number of aromatic nitrogens is 4. The van der Waals surface area contributed by atoms with Crippen molar-refractivity contribution in [1.29, 1.82) is 0 Å². The topological polar surface area (TPSA) is 56.7 Å². The smallest absolute Gasteiger partial charge is 0.164 e. The van der Waals surface area contributed by atoms with Crippen molar-refractivity contribution < 1.29 is 4.42 Å². The van der Waals surface area contributed by atoms with Crippen LogP contribution in [0.2, 0.25) is 0 Å². The zero-order chi connectivity index (χ0) is 36.7. The first-order valence-electron chi connectivity index (χ1n) is 18.8. The van der Waals surface area contributed by atoms with Crippen LogP contribution in [0.15, 0.2) is 186 Å². The van der Waals surface area contributed by atoms with E-state index in [0.717, 1.165) is 66.1 Å². The molecule has 56 heavy (non-hydrogen) atoms. The molecular weight excluding hydrogens is 685 g/mol. The number of hydrogen-bond donors (Lipinski definition) is 0. The number of para-hydroxylation sites is 1. The largest absolute Gasteiger partial charge is 0.456 e. The summed E-state index contributed by atoms with van der Waals surface area (Å²) >= 11 is 0. The zero-order valence-corrected chi connectivity index (χ0v) is 30.0. The molecule has 0 aliphatic heterocycles. The summed E-state index contributed by atoms with van der Waals surface area (Å²) in [7, 11) is 0. The standard InChI is InChI=1S/C51H30N4O/c1-3-12-33-26-37(22-20-31(33)10-1)49-52-50(38-23-21-32-11-2-4-13-34(32)27-38)54-51(53-49)42-17-9-19-46-48(42)41-25-24-39(30-47(41)56-46)55-44-18-8-7-16-40(44)43-28-35-14-5-6-15-36(35)29-45(43)55/h1-30H. The molecule has 0 N–H and O–H groups in total. The average Bonchev–Trinajstić information content (AvgIpc) is 3.80. The van der Waals surface area contributed by atoms with Gasteiger partial charge in [0.2, 0.25) is 0 Å². The monoisotopic (exact) mass is 714 g/mol. The molecule has 9 aromatic carbocycles. The fourth-order valence-electron chi connectivity index (χ4n) is 8.48. The van der Waals surface area contributed by atoms with E-state index in [4.69, 9.17) is 19.4 Å². The normalized spacial score (nSPS) is 11.9. The molecule has 3 heterocycles. The van der Waals surface area contributed by atoms with Crippen LogP contribution in [0.4, 0.5) is 0 Å². The summed E-state index contributed by atoms with van der Waals surface area (Å²) in [6, 6.07) is 64.0. The second kappa shape index (κ2) is 11.9. The molecule has 0 saturated carbocycles. The Bertz CT molecular complexity index is 3460. The molecule has 3 aromatic heterocycles. The van der Waals surface area contributed by atoms with Crippen molar-refractivity contribution in [1.82, 2.24) is 19.5 Å². The van der Waals surface area contributed by atoms with Crippen molar-refractivity contribution in [2.24, 2.45) is 0 Å². The first kappa shape index (κ1) is 30.8. The van der Waals surface area contributed by atoms with E-state index in [-0.39, 0.29) is 0 Å². The molecule has 0 saturated heterocycles. The van der Waals surface area contributed by atoms with Gasteiger partial charge in [-0.25, -0.2) is 15.0 Å². The van der Waals surface area contributed by atoms with Crippen LogP contribution in [0.1, 0.15) is 0 Å². The lowest BCUT2D eigenvalue weighted by molar-refractivity contribution is 0.668. The van der Waals surface area contributed by atoms with Crippen molar-refractivity contribution in [3.05, 3.63) is 182 Å². The number of furan rings is 1. The van der Waals surface area contributed by atoms with Gasteiger partial charge < -0.3 is 8.98 Å². The van der Waals surface area contributed by atoms with Gasteiger partial charge in [0.1, 0.15) is 11.2 Å². The highest BCUT2D eigenvalue weighted by Gasteiger charge is 2.20. The molecule has 0 amide bonds. The van der Waals surface area contributed by atoms with Crippen LogP contribution < -0.4 is 0 Å². The molecule has 0 unspecified atom stereocenters. The average molecular weight is 715 g/mol. The molecule has 5 nitrogen and oxygen atoms in total. The van der Waals surface area contributed by atoms with E-state index in [1.54, 1.807) is 0 Å². The van der Waals surface area contributed by atoms with Crippen LogP contribution in [0.3, 0.4) is 0 Å². The third-order valence-electron chi connectivity index (χ3n) is 11.2. The maximum atomic E-state index is 6.69. The van der Waals surface area contributed by atoms with Crippen LogP contribution in [-0.2, 0) is 0 Å². The third kappa shape index (κ3) is 4.78. The lowest BCUT2D eigenvalue weighted by atomic mass is 10.0. The van der Waals surface area contributed by atoms with E-state index in [9.17, 15) is 0 Å². The Balaban J connectivity index is 1.06. The number of fused-ring (bicyclic) bond motifs is 9. The van der Waals surface area contributed by atoms with Crippen LogP contribution in [0.25, 0.3) is 116 Å². The van der Waals surface area contributed by atoms with Gasteiger partial charge in [0.25, 0.3) is 0 Å². The van der Waals surface area contributed by atoms with Gasteiger partial charge in [-0.1, -0.05) is 127 Å². The second-order valence-corrected chi connectivity index (χ2v) is 14.5. The number of benzene rings is 9. The van der Waals surface area contributed by atoms with Crippen molar-refractivity contribution in [3.63, 3.8) is 0 Å². The summed E-state index contributed by atoms with van der Waals surface area (Å²) < 4.78 is 9.04. The van der Waals surface area contributed by atoms with Crippen LogP contribution in [-0.4, -0.2) is 19.5 Å². The van der Waals surface area contributed by atoms with Crippen LogP contribution in [0, 0.1) is 0 Å². The number of rotatable bonds is 4. The van der Waals surface area contributed by atoms with Crippen molar-refractivity contribution >= 4 is 76.1 Å². The molecule has 0 radical (unpaired) electrons. The van der Waals surface area contributed by atoms with Crippen LogP contribution in [0.5, 0.6) is 0 Å².